The van der Waals surface area contributed by atoms with E-state index in [2.05, 4.69) is 52.5 Å². The zero-order valence-electron chi connectivity index (χ0n) is 10.9. The number of hydrogen-bond acceptors (Lipinski definition) is 2. The minimum atomic E-state index is 0.565. The van der Waals surface area contributed by atoms with Gasteiger partial charge in [-0.1, -0.05) is 25.1 Å². The summed E-state index contributed by atoms with van der Waals surface area (Å²) in [5.41, 5.74) is 2.61. The molecule has 0 spiro atoms. The summed E-state index contributed by atoms with van der Waals surface area (Å²) in [5, 5.41) is 4.72. The minimum absolute atomic E-state index is 0.565. The van der Waals surface area contributed by atoms with Crippen LogP contribution in [0, 0.1) is 0 Å². The maximum absolute atomic E-state index is 3.54. The molecule has 1 atom stereocenters. The minimum Gasteiger partial charge on any atom is -0.358 e. The molecule has 1 aromatic carbocycles. The lowest BCUT2D eigenvalue weighted by Gasteiger charge is -2.29. The van der Waals surface area contributed by atoms with Crippen molar-refractivity contribution in [2.45, 2.75) is 12.8 Å². The van der Waals surface area contributed by atoms with Gasteiger partial charge in [0.2, 0.25) is 0 Å². The van der Waals surface area contributed by atoms with Crippen LogP contribution in [0.3, 0.4) is 0 Å². The third kappa shape index (κ3) is 2.42. The number of rotatable bonds is 3. The second-order valence-electron chi connectivity index (χ2n) is 5.26. The highest BCUT2D eigenvalue weighted by atomic mass is 15.2. The summed E-state index contributed by atoms with van der Waals surface area (Å²) in [5.74, 6) is 0.565. The average molecular weight is 243 g/mol. The number of aromatic nitrogens is 1. The summed E-state index contributed by atoms with van der Waals surface area (Å²) < 4.78 is 0. The first-order valence-corrected chi connectivity index (χ1v) is 6.83. The van der Waals surface area contributed by atoms with Crippen LogP contribution in [0.2, 0.25) is 0 Å². The van der Waals surface area contributed by atoms with Crippen LogP contribution in [-0.4, -0.2) is 42.6 Å². The molecule has 2 aromatic rings. The number of nitrogens with zero attached hydrogens (tertiary/aromatic N) is 1. The third-order valence-corrected chi connectivity index (χ3v) is 3.82. The largest absolute Gasteiger partial charge is 0.358 e. The van der Waals surface area contributed by atoms with Gasteiger partial charge >= 0.3 is 0 Å². The molecular formula is C15H21N3. The molecular weight excluding hydrogens is 222 g/mol. The van der Waals surface area contributed by atoms with Crippen molar-refractivity contribution in [1.82, 2.24) is 15.2 Å². The Morgan fingerprint density at radius 2 is 2.00 bits per heavy atom. The van der Waals surface area contributed by atoms with Crippen LogP contribution in [0.15, 0.2) is 30.3 Å². The summed E-state index contributed by atoms with van der Waals surface area (Å²) in [7, 11) is 0. The molecule has 0 amide bonds. The number of benzene rings is 1. The summed E-state index contributed by atoms with van der Waals surface area (Å²) in [4.78, 5) is 6.09. The topological polar surface area (TPSA) is 31.1 Å². The Balaban J connectivity index is 1.72. The first kappa shape index (κ1) is 11.8. The first-order chi connectivity index (χ1) is 8.83. The van der Waals surface area contributed by atoms with Gasteiger partial charge in [-0.05, 0) is 17.5 Å². The molecule has 0 radical (unpaired) electrons. The van der Waals surface area contributed by atoms with Crippen molar-refractivity contribution in [2.24, 2.45) is 0 Å². The van der Waals surface area contributed by atoms with E-state index >= 15 is 0 Å². The zero-order chi connectivity index (χ0) is 12.4. The number of piperazine rings is 1. The lowest BCUT2D eigenvalue weighted by Crippen LogP contribution is -2.44. The number of para-hydroxylation sites is 1. The molecule has 1 saturated heterocycles. The van der Waals surface area contributed by atoms with Crippen LogP contribution in [0.5, 0.6) is 0 Å². The third-order valence-electron chi connectivity index (χ3n) is 3.82. The van der Waals surface area contributed by atoms with Gasteiger partial charge < -0.3 is 15.2 Å². The van der Waals surface area contributed by atoms with E-state index in [4.69, 9.17) is 0 Å². The highest BCUT2D eigenvalue weighted by molar-refractivity contribution is 5.80. The van der Waals surface area contributed by atoms with Gasteiger partial charge in [-0.3, -0.25) is 0 Å². The van der Waals surface area contributed by atoms with Crippen molar-refractivity contribution < 1.29 is 0 Å². The van der Waals surface area contributed by atoms with E-state index < -0.39 is 0 Å². The Labute approximate surface area is 108 Å². The molecule has 2 heterocycles. The number of fused-ring (bicyclic) bond motifs is 1. The van der Waals surface area contributed by atoms with Gasteiger partial charge in [0, 0.05) is 49.9 Å². The molecule has 1 aliphatic heterocycles. The van der Waals surface area contributed by atoms with Gasteiger partial charge in [0.25, 0.3) is 0 Å². The second kappa shape index (κ2) is 5.12. The van der Waals surface area contributed by atoms with E-state index in [1.54, 1.807) is 0 Å². The Morgan fingerprint density at radius 3 is 2.78 bits per heavy atom. The van der Waals surface area contributed by atoms with Crippen LogP contribution < -0.4 is 5.32 Å². The standard InChI is InChI=1S/C15H21N3/c1-12(11-18-8-6-16-7-9-18)15-10-13-4-2-3-5-14(13)17-15/h2-5,10,12,16-17H,6-9,11H2,1H3. The summed E-state index contributed by atoms with van der Waals surface area (Å²) in [6.45, 7) is 8.05. The monoisotopic (exact) mass is 243 g/mol. The summed E-state index contributed by atoms with van der Waals surface area (Å²) >= 11 is 0. The van der Waals surface area contributed by atoms with E-state index in [9.17, 15) is 0 Å². The van der Waals surface area contributed by atoms with E-state index in [-0.39, 0.29) is 0 Å². The Morgan fingerprint density at radius 1 is 1.22 bits per heavy atom. The smallest absolute Gasteiger partial charge is 0.0456 e. The normalized spacial score (nSPS) is 19.2. The lowest BCUT2D eigenvalue weighted by molar-refractivity contribution is 0.230. The van der Waals surface area contributed by atoms with Gasteiger partial charge in [0.05, 0.1) is 0 Å². The zero-order valence-corrected chi connectivity index (χ0v) is 10.9. The molecule has 1 fully saturated rings. The number of aromatic amines is 1. The molecule has 3 heteroatoms. The molecule has 0 saturated carbocycles. The fourth-order valence-corrected chi connectivity index (χ4v) is 2.74. The molecule has 3 nitrogen and oxygen atoms in total. The first-order valence-electron chi connectivity index (χ1n) is 6.83. The predicted octanol–water partition coefficient (Wildman–Crippen LogP) is 2.18. The van der Waals surface area contributed by atoms with Crippen molar-refractivity contribution in [1.29, 1.82) is 0 Å². The van der Waals surface area contributed by atoms with Crippen molar-refractivity contribution in [3.63, 3.8) is 0 Å². The van der Waals surface area contributed by atoms with E-state index in [1.807, 2.05) is 0 Å². The molecule has 96 valence electrons. The maximum Gasteiger partial charge on any atom is 0.0456 e. The molecule has 18 heavy (non-hydrogen) atoms. The number of hydrogen-bond donors (Lipinski definition) is 2. The Hall–Kier alpha value is -1.32. The molecule has 0 aliphatic carbocycles. The van der Waals surface area contributed by atoms with Gasteiger partial charge in [0.15, 0.2) is 0 Å². The van der Waals surface area contributed by atoms with Crippen LogP contribution in [0.4, 0.5) is 0 Å². The Kier molecular flexibility index (Phi) is 3.35. The van der Waals surface area contributed by atoms with E-state index in [0.717, 1.165) is 19.6 Å². The summed E-state index contributed by atoms with van der Waals surface area (Å²) in [6, 6.07) is 10.8. The van der Waals surface area contributed by atoms with Crippen molar-refractivity contribution in [3.05, 3.63) is 36.0 Å². The SMILES string of the molecule is CC(CN1CCNCC1)c1cc2ccccc2[nH]1. The molecule has 0 bridgehead atoms. The Bertz CT molecular complexity index is 478. The molecule has 1 aromatic heterocycles. The quantitative estimate of drug-likeness (QED) is 0.865. The van der Waals surface area contributed by atoms with Crippen LogP contribution in [-0.2, 0) is 0 Å². The van der Waals surface area contributed by atoms with Gasteiger partial charge in [-0.15, -0.1) is 0 Å². The second-order valence-corrected chi connectivity index (χ2v) is 5.26. The van der Waals surface area contributed by atoms with Crippen LogP contribution in [0.1, 0.15) is 18.5 Å². The van der Waals surface area contributed by atoms with Crippen molar-refractivity contribution >= 4 is 10.9 Å². The van der Waals surface area contributed by atoms with E-state index in [1.165, 1.54) is 29.7 Å². The average Bonchev–Trinajstić information content (AvgIpc) is 2.84. The van der Waals surface area contributed by atoms with Gasteiger partial charge in [0.1, 0.15) is 0 Å². The highest BCUT2D eigenvalue weighted by Crippen LogP contribution is 2.21. The van der Waals surface area contributed by atoms with Crippen molar-refractivity contribution in [2.75, 3.05) is 32.7 Å². The number of H-pyrrole nitrogens is 1. The molecule has 2 N–H and O–H groups in total. The molecule has 1 unspecified atom stereocenters. The molecule has 3 rings (SSSR count). The van der Waals surface area contributed by atoms with Gasteiger partial charge in [-0.25, -0.2) is 0 Å². The predicted molar refractivity (Wildman–Crippen MR) is 76.0 cm³/mol. The fraction of sp³-hybridized carbons (Fsp3) is 0.467. The fourth-order valence-electron chi connectivity index (χ4n) is 2.74. The van der Waals surface area contributed by atoms with Crippen LogP contribution in [0.25, 0.3) is 10.9 Å². The van der Waals surface area contributed by atoms with Gasteiger partial charge in [-0.2, -0.15) is 0 Å². The van der Waals surface area contributed by atoms with E-state index in [0.29, 0.717) is 5.92 Å². The molecule has 1 aliphatic rings. The number of nitrogens with one attached hydrogen (secondary N) is 2. The van der Waals surface area contributed by atoms with Crippen molar-refractivity contribution in [3.8, 4) is 0 Å². The maximum atomic E-state index is 3.54. The lowest BCUT2D eigenvalue weighted by atomic mass is 10.1. The van der Waals surface area contributed by atoms with Crippen LogP contribution >= 0.6 is 0 Å². The highest BCUT2D eigenvalue weighted by Gasteiger charge is 2.15. The summed E-state index contributed by atoms with van der Waals surface area (Å²) in [6.07, 6.45) is 0.